The van der Waals surface area contributed by atoms with Gasteiger partial charge in [0.25, 0.3) is 0 Å². The van der Waals surface area contributed by atoms with E-state index in [0.29, 0.717) is 11.4 Å². The minimum absolute atomic E-state index is 0.117. The molecule has 2 amide bonds. The van der Waals surface area contributed by atoms with Crippen LogP contribution in [0.3, 0.4) is 0 Å². The Labute approximate surface area is 153 Å². The molecule has 0 spiro atoms. The SMILES string of the molecule is Cc1cc(C)cc(OCCC(=O)Nc2ccccc2OCCC(N)=O)c1. The first-order chi connectivity index (χ1) is 12.4. The fourth-order valence-electron chi connectivity index (χ4n) is 2.45. The van der Waals surface area contributed by atoms with Crippen LogP contribution in [0.15, 0.2) is 42.5 Å². The third kappa shape index (κ3) is 6.47. The highest BCUT2D eigenvalue weighted by Gasteiger charge is 2.08. The molecule has 0 aromatic heterocycles. The van der Waals surface area contributed by atoms with E-state index >= 15 is 0 Å². The third-order valence-corrected chi connectivity index (χ3v) is 3.56. The van der Waals surface area contributed by atoms with Gasteiger partial charge in [0.05, 0.1) is 31.7 Å². The quantitative estimate of drug-likeness (QED) is 0.723. The molecule has 0 saturated heterocycles. The molecule has 0 fully saturated rings. The number of nitrogens with one attached hydrogen (secondary N) is 1. The van der Waals surface area contributed by atoms with Crippen molar-refractivity contribution in [1.82, 2.24) is 0 Å². The average molecular weight is 356 g/mol. The molecule has 0 aliphatic heterocycles. The van der Waals surface area contributed by atoms with E-state index in [2.05, 4.69) is 11.4 Å². The van der Waals surface area contributed by atoms with E-state index in [1.807, 2.05) is 26.0 Å². The number of aryl methyl sites for hydroxylation is 2. The molecule has 2 rings (SSSR count). The van der Waals surface area contributed by atoms with E-state index < -0.39 is 5.91 Å². The molecule has 2 aromatic rings. The number of anilines is 1. The Hall–Kier alpha value is -3.02. The molecule has 0 atom stereocenters. The van der Waals surface area contributed by atoms with Gasteiger partial charge in [0.15, 0.2) is 0 Å². The first-order valence-electron chi connectivity index (χ1n) is 8.45. The predicted molar refractivity (Wildman–Crippen MR) is 100 cm³/mol. The number of hydrogen-bond donors (Lipinski definition) is 2. The van der Waals surface area contributed by atoms with Crippen LogP contribution in [0.4, 0.5) is 5.69 Å². The zero-order valence-corrected chi connectivity index (χ0v) is 15.1. The van der Waals surface area contributed by atoms with Gasteiger partial charge >= 0.3 is 0 Å². The second kappa shape index (κ2) is 9.46. The van der Waals surface area contributed by atoms with Gasteiger partial charge in [-0.05, 0) is 49.2 Å². The average Bonchev–Trinajstić information content (AvgIpc) is 2.55. The van der Waals surface area contributed by atoms with Crippen LogP contribution in [0.25, 0.3) is 0 Å². The number of rotatable bonds is 9. The van der Waals surface area contributed by atoms with Crippen LogP contribution in [0, 0.1) is 13.8 Å². The normalized spacial score (nSPS) is 10.2. The largest absolute Gasteiger partial charge is 0.493 e. The highest BCUT2D eigenvalue weighted by molar-refractivity contribution is 5.92. The van der Waals surface area contributed by atoms with Gasteiger partial charge in [-0.1, -0.05) is 18.2 Å². The van der Waals surface area contributed by atoms with Gasteiger partial charge in [-0.15, -0.1) is 0 Å². The Morgan fingerprint density at radius 1 is 0.962 bits per heavy atom. The monoisotopic (exact) mass is 356 g/mol. The number of para-hydroxylation sites is 2. The molecular formula is C20H24N2O4. The van der Waals surface area contributed by atoms with E-state index in [9.17, 15) is 9.59 Å². The van der Waals surface area contributed by atoms with Gasteiger partial charge in [-0.25, -0.2) is 0 Å². The number of carbonyl (C=O) groups is 2. The first-order valence-corrected chi connectivity index (χ1v) is 8.45. The summed E-state index contributed by atoms with van der Waals surface area (Å²) >= 11 is 0. The summed E-state index contributed by atoms with van der Waals surface area (Å²) in [7, 11) is 0. The number of ether oxygens (including phenoxy) is 2. The van der Waals surface area contributed by atoms with Gasteiger partial charge in [0, 0.05) is 0 Å². The maximum absolute atomic E-state index is 12.2. The highest BCUT2D eigenvalue weighted by Crippen LogP contribution is 2.24. The Kier molecular flexibility index (Phi) is 7.02. The van der Waals surface area contributed by atoms with E-state index in [0.717, 1.165) is 16.9 Å². The lowest BCUT2D eigenvalue weighted by molar-refractivity contribution is -0.118. The summed E-state index contributed by atoms with van der Waals surface area (Å²) in [6.07, 6.45) is 0.328. The number of amides is 2. The van der Waals surface area contributed by atoms with Crippen LogP contribution in [0.5, 0.6) is 11.5 Å². The molecule has 6 heteroatoms. The van der Waals surface area contributed by atoms with Crippen molar-refractivity contribution in [2.45, 2.75) is 26.7 Å². The van der Waals surface area contributed by atoms with Gasteiger partial charge < -0.3 is 20.5 Å². The minimum atomic E-state index is -0.435. The Balaban J connectivity index is 1.84. The second-order valence-electron chi connectivity index (χ2n) is 6.03. The van der Waals surface area contributed by atoms with E-state index in [1.54, 1.807) is 24.3 Å². The molecule has 0 bridgehead atoms. The fraction of sp³-hybridized carbons (Fsp3) is 0.300. The lowest BCUT2D eigenvalue weighted by atomic mass is 10.1. The molecule has 0 saturated carbocycles. The molecule has 26 heavy (non-hydrogen) atoms. The Morgan fingerprint density at radius 2 is 1.62 bits per heavy atom. The molecule has 138 valence electrons. The van der Waals surface area contributed by atoms with Crippen molar-refractivity contribution in [2.75, 3.05) is 18.5 Å². The van der Waals surface area contributed by atoms with Gasteiger partial charge in [0.2, 0.25) is 11.8 Å². The van der Waals surface area contributed by atoms with Crippen LogP contribution < -0.4 is 20.5 Å². The molecule has 6 nitrogen and oxygen atoms in total. The zero-order chi connectivity index (χ0) is 18.9. The van der Waals surface area contributed by atoms with Crippen molar-refractivity contribution in [1.29, 1.82) is 0 Å². The molecule has 0 aliphatic rings. The molecule has 0 heterocycles. The predicted octanol–water partition coefficient (Wildman–Crippen LogP) is 2.97. The lowest BCUT2D eigenvalue weighted by Crippen LogP contribution is -2.17. The number of hydrogen-bond acceptors (Lipinski definition) is 4. The summed E-state index contributed by atoms with van der Waals surface area (Å²) < 4.78 is 11.2. The van der Waals surface area contributed by atoms with Crippen molar-refractivity contribution < 1.29 is 19.1 Å². The first kappa shape index (κ1) is 19.3. The van der Waals surface area contributed by atoms with E-state index in [1.165, 1.54) is 0 Å². The summed E-state index contributed by atoms with van der Waals surface area (Å²) in [6, 6.07) is 13.0. The highest BCUT2D eigenvalue weighted by atomic mass is 16.5. The van der Waals surface area contributed by atoms with Crippen LogP contribution in [0.2, 0.25) is 0 Å². The maximum atomic E-state index is 12.2. The second-order valence-corrected chi connectivity index (χ2v) is 6.03. The summed E-state index contributed by atoms with van der Waals surface area (Å²) in [5, 5.41) is 2.80. The van der Waals surface area contributed by atoms with Crippen molar-refractivity contribution in [2.24, 2.45) is 5.73 Å². The number of nitrogens with two attached hydrogens (primary N) is 1. The standard InChI is InChI=1S/C20H24N2O4/c1-14-11-15(2)13-16(12-14)25-10-8-20(24)22-17-5-3-4-6-18(17)26-9-7-19(21)23/h3-6,11-13H,7-10H2,1-2H3,(H2,21,23)(H,22,24). The topological polar surface area (TPSA) is 90.7 Å². The molecule has 0 unspecified atom stereocenters. The fourth-order valence-corrected chi connectivity index (χ4v) is 2.45. The molecule has 0 radical (unpaired) electrons. The van der Waals surface area contributed by atoms with Gasteiger partial charge in [0.1, 0.15) is 11.5 Å². The molecule has 2 aromatic carbocycles. The van der Waals surface area contributed by atoms with Crippen LogP contribution in [-0.4, -0.2) is 25.0 Å². The van der Waals surface area contributed by atoms with Crippen LogP contribution in [0.1, 0.15) is 24.0 Å². The minimum Gasteiger partial charge on any atom is -0.493 e. The van der Waals surface area contributed by atoms with Crippen LogP contribution in [-0.2, 0) is 9.59 Å². The van der Waals surface area contributed by atoms with Gasteiger partial charge in [-0.3, -0.25) is 9.59 Å². The number of primary amides is 1. The summed E-state index contributed by atoms with van der Waals surface area (Å²) in [5.74, 6) is 0.637. The van der Waals surface area contributed by atoms with Crippen LogP contribution >= 0.6 is 0 Å². The summed E-state index contributed by atoms with van der Waals surface area (Å²) in [6.45, 7) is 4.45. The van der Waals surface area contributed by atoms with E-state index in [-0.39, 0.29) is 32.0 Å². The van der Waals surface area contributed by atoms with Crippen molar-refractivity contribution in [3.8, 4) is 11.5 Å². The number of benzene rings is 2. The van der Waals surface area contributed by atoms with Crippen molar-refractivity contribution >= 4 is 17.5 Å². The third-order valence-electron chi connectivity index (χ3n) is 3.56. The van der Waals surface area contributed by atoms with Crippen molar-refractivity contribution in [3.05, 3.63) is 53.6 Å². The molecule has 3 N–H and O–H groups in total. The van der Waals surface area contributed by atoms with E-state index in [4.69, 9.17) is 15.2 Å². The Bertz CT molecular complexity index is 754. The Morgan fingerprint density at radius 3 is 2.31 bits per heavy atom. The smallest absolute Gasteiger partial charge is 0.227 e. The molecular weight excluding hydrogens is 332 g/mol. The zero-order valence-electron chi connectivity index (χ0n) is 15.1. The van der Waals surface area contributed by atoms with Gasteiger partial charge in [-0.2, -0.15) is 0 Å². The van der Waals surface area contributed by atoms with Crippen molar-refractivity contribution in [3.63, 3.8) is 0 Å². The summed E-state index contributed by atoms with van der Waals surface area (Å²) in [5.41, 5.74) is 7.88. The lowest BCUT2D eigenvalue weighted by Gasteiger charge is -2.12. The summed E-state index contributed by atoms with van der Waals surface area (Å²) in [4.78, 5) is 22.9. The molecule has 0 aliphatic carbocycles. The maximum Gasteiger partial charge on any atom is 0.227 e. The number of carbonyl (C=O) groups excluding carboxylic acids is 2.